The lowest BCUT2D eigenvalue weighted by molar-refractivity contribution is -0.129. The molecule has 0 aliphatic carbocycles. The molecule has 0 aliphatic rings. The molecule has 0 aromatic heterocycles. The van der Waals surface area contributed by atoms with E-state index in [2.05, 4.69) is 0 Å². The highest BCUT2D eigenvalue weighted by Gasteiger charge is 2.17. The third-order valence-corrected chi connectivity index (χ3v) is 2.46. The molecular formula is C13H18O2. The summed E-state index contributed by atoms with van der Waals surface area (Å²) in [5.74, 6) is -0.0536. The molecule has 0 aliphatic heterocycles. The van der Waals surface area contributed by atoms with Crippen LogP contribution in [0, 0.1) is 5.92 Å². The van der Waals surface area contributed by atoms with Crippen LogP contribution in [0.25, 0.3) is 0 Å². The molecular weight excluding hydrogens is 188 g/mol. The lowest BCUT2D eigenvalue weighted by Crippen LogP contribution is -2.26. The summed E-state index contributed by atoms with van der Waals surface area (Å²) in [5, 5.41) is 9.52. The van der Waals surface area contributed by atoms with E-state index >= 15 is 0 Å². The van der Waals surface area contributed by atoms with Gasteiger partial charge in [-0.3, -0.25) is 4.79 Å². The molecule has 0 amide bonds. The Morgan fingerprint density at radius 3 is 2.40 bits per heavy atom. The van der Waals surface area contributed by atoms with Crippen molar-refractivity contribution in [2.24, 2.45) is 5.92 Å². The normalized spacial score (nSPS) is 12.8. The van der Waals surface area contributed by atoms with Crippen molar-refractivity contribution in [2.45, 2.75) is 32.8 Å². The highest BCUT2D eigenvalue weighted by atomic mass is 16.3. The maximum Gasteiger partial charge on any atom is 0.161 e. The Balaban J connectivity index is 2.41. The van der Waals surface area contributed by atoms with E-state index < -0.39 is 6.10 Å². The Labute approximate surface area is 90.9 Å². The molecule has 0 saturated heterocycles. The van der Waals surface area contributed by atoms with Gasteiger partial charge in [0.2, 0.25) is 0 Å². The predicted molar refractivity (Wildman–Crippen MR) is 60.6 cm³/mol. The summed E-state index contributed by atoms with van der Waals surface area (Å²) in [7, 11) is 0. The second-order valence-corrected chi connectivity index (χ2v) is 4.14. The monoisotopic (exact) mass is 206 g/mol. The van der Waals surface area contributed by atoms with Crippen LogP contribution in [0.5, 0.6) is 0 Å². The number of carbonyl (C=O) groups excluding carboxylic acids is 1. The van der Waals surface area contributed by atoms with Crippen LogP contribution in [0.2, 0.25) is 0 Å². The van der Waals surface area contributed by atoms with E-state index in [1.807, 2.05) is 44.2 Å². The highest BCUT2D eigenvalue weighted by Crippen LogP contribution is 2.08. The average Bonchev–Trinajstić information content (AvgIpc) is 2.26. The van der Waals surface area contributed by atoms with Crippen LogP contribution in [0.1, 0.15) is 25.8 Å². The van der Waals surface area contributed by atoms with Crippen LogP contribution in [0.15, 0.2) is 30.3 Å². The summed E-state index contributed by atoms with van der Waals surface area (Å²) >= 11 is 0. The van der Waals surface area contributed by atoms with Crippen molar-refractivity contribution in [2.75, 3.05) is 0 Å². The predicted octanol–water partition coefficient (Wildman–Crippen LogP) is 2.21. The molecule has 82 valence electrons. The zero-order chi connectivity index (χ0) is 11.3. The fourth-order valence-electron chi connectivity index (χ4n) is 1.43. The fourth-order valence-corrected chi connectivity index (χ4v) is 1.43. The van der Waals surface area contributed by atoms with Gasteiger partial charge in [-0.05, 0) is 17.9 Å². The molecule has 1 rings (SSSR count). The number of ketones is 1. The van der Waals surface area contributed by atoms with Gasteiger partial charge >= 0.3 is 0 Å². The third-order valence-electron chi connectivity index (χ3n) is 2.46. The van der Waals surface area contributed by atoms with Gasteiger partial charge in [-0.2, -0.15) is 0 Å². The van der Waals surface area contributed by atoms with Crippen LogP contribution in [-0.4, -0.2) is 17.0 Å². The molecule has 1 N–H and O–H groups in total. The molecule has 0 fully saturated rings. The molecule has 0 radical (unpaired) electrons. The number of hydrogen-bond donors (Lipinski definition) is 1. The summed E-state index contributed by atoms with van der Waals surface area (Å²) < 4.78 is 0. The molecule has 1 atom stereocenters. The Bertz CT molecular complexity index is 304. The standard InChI is InChI=1S/C13H18O2/c1-10(2)13(15)12(14)9-8-11-6-4-3-5-7-11/h3-7,10,13,15H,8-9H2,1-2H3. The van der Waals surface area contributed by atoms with Gasteiger partial charge in [0.25, 0.3) is 0 Å². The first-order chi connectivity index (χ1) is 7.11. The number of hydrogen-bond acceptors (Lipinski definition) is 2. The van der Waals surface area contributed by atoms with Crippen LogP contribution >= 0.6 is 0 Å². The first kappa shape index (κ1) is 11.9. The third kappa shape index (κ3) is 3.84. The van der Waals surface area contributed by atoms with E-state index in [0.29, 0.717) is 12.8 Å². The van der Waals surface area contributed by atoms with E-state index in [-0.39, 0.29) is 11.7 Å². The van der Waals surface area contributed by atoms with Crippen LogP contribution in [-0.2, 0) is 11.2 Å². The number of aryl methyl sites for hydroxylation is 1. The lowest BCUT2D eigenvalue weighted by Gasteiger charge is -2.12. The molecule has 0 spiro atoms. The van der Waals surface area contributed by atoms with Crippen molar-refractivity contribution in [1.82, 2.24) is 0 Å². The van der Waals surface area contributed by atoms with Gasteiger partial charge < -0.3 is 5.11 Å². The SMILES string of the molecule is CC(C)C(O)C(=O)CCc1ccccc1. The summed E-state index contributed by atoms with van der Waals surface area (Å²) in [6.07, 6.45) is 0.320. The van der Waals surface area contributed by atoms with Gasteiger partial charge in [0.1, 0.15) is 6.10 Å². The van der Waals surface area contributed by atoms with Crippen LogP contribution in [0.3, 0.4) is 0 Å². The number of rotatable bonds is 5. The first-order valence-corrected chi connectivity index (χ1v) is 5.36. The molecule has 0 heterocycles. The number of benzene rings is 1. The smallest absolute Gasteiger partial charge is 0.161 e. The molecule has 1 aromatic rings. The second kappa shape index (κ2) is 5.66. The van der Waals surface area contributed by atoms with Gasteiger partial charge in [-0.1, -0.05) is 44.2 Å². The largest absolute Gasteiger partial charge is 0.385 e. The topological polar surface area (TPSA) is 37.3 Å². The van der Waals surface area contributed by atoms with Gasteiger partial charge in [0.05, 0.1) is 0 Å². The van der Waals surface area contributed by atoms with E-state index in [0.717, 1.165) is 5.56 Å². The Morgan fingerprint density at radius 1 is 1.27 bits per heavy atom. The molecule has 1 unspecified atom stereocenters. The molecule has 1 aromatic carbocycles. The Morgan fingerprint density at radius 2 is 1.87 bits per heavy atom. The van der Waals surface area contributed by atoms with E-state index in [1.165, 1.54) is 0 Å². The number of aliphatic hydroxyl groups excluding tert-OH is 1. The average molecular weight is 206 g/mol. The summed E-state index contributed by atoms with van der Waals surface area (Å²) in [4.78, 5) is 11.5. The number of aliphatic hydroxyl groups is 1. The summed E-state index contributed by atoms with van der Waals surface area (Å²) in [6.45, 7) is 3.70. The quantitative estimate of drug-likeness (QED) is 0.802. The molecule has 15 heavy (non-hydrogen) atoms. The van der Waals surface area contributed by atoms with E-state index in [1.54, 1.807) is 0 Å². The molecule has 2 nitrogen and oxygen atoms in total. The van der Waals surface area contributed by atoms with Crippen LogP contribution < -0.4 is 0 Å². The minimum atomic E-state index is -0.811. The maximum absolute atomic E-state index is 11.5. The highest BCUT2D eigenvalue weighted by molar-refractivity contribution is 5.83. The van der Waals surface area contributed by atoms with Crippen molar-refractivity contribution in [1.29, 1.82) is 0 Å². The van der Waals surface area contributed by atoms with Crippen molar-refractivity contribution in [3.63, 3.8) is 0 Å². The Kier molecular flexibility index (Phi) is 4.50. The zero-order valence-corrected chi connectivity index (χ0v) is 9.31. The molecule has 2 heteroatoms. The van der Waals surface area contributed by atoms with Crippen molar-refractivity contribution < 1.29 is 9.90 Å². The van der Waals surface area contributed by atoms with Gasteiger partial charge in [-0.15, -0.1) is 0 Å². The van der Waals surface area contributed by atoms with Gasteiger partial charge in [0.15, 0.2) is 5.78 Å². The minimum Gasteiger partial charge on any atom is -0.385 e. The van der Waals surface area contributed by atoms with E-state index in [9.17, 15) is 9.90 Å². The number of carbonyl (C=O) groups is 1. The minimum absolute atomic E-state index is 0.00766. The first-order valence-electron chi connectivity index (χ1n) is 5.36. The van der Waals surface area contributed by atoms with Gasteiger partial charge in [0, 0.05) is 6.42 Å². The lowest BCUT2D eigenvalue weighted by atomic mass is 9.98. The van der Waals surface area contributed by atoms with Crippen molar-refractivity contribution in [3.05, 3.63) is 35.9 Å². The summed E-state index contributed by atoms with van der Waals surface area (Å²) in [6, 6.07) is 9.86. The second-order valence-electron chi connectivity index (χ2n) is 4.14. The fraction of sp³-hybridized carbons (Fsp3) is 0.462. The molecule has 0 saturated carbocycles. The van der Waals surface area contributed by atoms with Crippen LogP contribution in [0.4, 0.5) is 0 Å². The van der Waals surface area contributed by atoms with E-state index in [4.69, 9.17) is 0 Å². The van der Waals surface area contributed by atoms with Crippen molar-refractivity contribution in [3.8, 4) is 0 Å². The van der Waals surface area contributed by atoms with Crippen molar-refractivity contribution >= 4 is 5.78 Å². The summed E-state index contributed by atoms with van der Waals surface area (Å²) in [5.41, 5.74) is 1.14. The molecule has 0 bridgehead atoms. The maximum atomic E-state index is 11.5. The zero-order valence-electron chi connectivity index (χ0n) is 9.31. The van der Waals surface area contributed by atoms with Gasteiger partial charge in [-0.25, -0.2) is 0 Å². The number of Topliss-reactive ketones (excluding diaryl/α,β-unsaturated/α-hetero) is 1. The Hall–Kier alpha value is -1.15.